The van der Waals surface area contributed by atoms with Crippen LogP contribution in [0.2, 0.25) is 0 Å². The van der Waals surface area contributed by atoms with E-state index in [-0.39, 0.29) is 35.5 Å². The van der Waals surface area contributed by atoms with Gasteiger partial charge in [-0.15, -0.1) is 0 Å². The smallest absolute Gasteiger partial charge is 0.240 e. The van der Waals surface area contributed by atoms with E-state index in [1.165, 1.54) is 0 Å². The molecule has 1 aromatic carbocycles. The quantitative estimate of drug-likeness (QED) is 0.795. The molecule has 3 heterocycles. The molecule has 2 fully saturated rings. The van der Waals surface area contributed by atoms with E-state index in [0.29, 0.717) is 18.8 Å². The SMILES string of the molecule is O=C(Cc1ccco1)N1CCC2(CC1)CC(CNS(=O)(=O)c1ccccc1)O2. The Hall–Kier alpha value is -2.16. The average Bonchev–Trinajstić information content (AvgIpc) is 3.19. The molecular formula is C20H24N2O5S. The molecule has 28 heavy (non-hydrogen) atoms. The van der Waals surface area contributed by atoms with Crippen LogP contribution in [0.3, 0.4) is 0 Å². The molecule has 150 valence electrons. The highest BCUT2D eigenvalue weighted by molar-refractivity contribution is 7.89. The third-order valence-electron chi connectivity index (χ3n) is 5.50. The van der Waals surface area contributed by atoms with E-state index in [9.17, 15) is 13.2 Å². The second-order valence-electron chi connectivity index (χ2n) is 7.43. The number of nitrogens with one attached hydrogen (secondary N) is 1. The van der Waals surface area contributed by atoms with Gasteiger partial charge >= 0.3 is 0 Å². The summed E-state index contributed by atoms with van der Waals surface area (Å²) >= 11 is 0. The van der Waals surface area contributed by atoms with Crippen molar-refractivity contribution in [2.24, 2.45) is 0 Å². The summed E-state index contributed by atoms with van der Waals surface area (Å²) in [5.74, 6) is 0.743. The van der Waals surface area contributed by atoms with Crippen LogP contribution in [-0.4, -0.2) is 50.6 Å². The molecule has 1 N–H and O–H groups in total. The highest BCUT2D eigenvalue weighted by Crippen LogP contribution is 2.41. The van der Waals surface area contributed by atoms with Gasteiger partial charge in [0.1, 0.15) is 5.76 Å². The minimum absolute atomic E-state index is 0.0660. The van der Waals surface area contributed by atoms with Gasteiger partial charge in [-0.05, 0) is 37.1 Å². The summed E-state index contributed by atoms with van der Waals surface area (Å²) in [7, 11) is -3.51. The van der Waals surface area contributed by atoms with E-state index in [1.807, 2.05) is 4.90 Å². The van der Waals surface area contributed by atoms with Crippen molar-refractivity contribution >= 4 is 15.9 Å². The predicted octanol–water partition coefficient (Wildman–Crippen LogP) is 1.95. The van der Waals surface area contributed by atoms with Crippen molar-refractivity contribution in [2.45, 2.75) is 42.3 Å². The summed E-state index contributed by atoms with van der Waals surface area (Å²) in [5.41, 5.74) is -0.218. The number of furan rings is 1. The Morgan fingerprint density at radius 3 is 2.50 bits per heavy atom. The third kappa shape index (κ3) is 4.14. The molecule has 1 amide bonds. The number of carbonyl (C=O) groups is 1. The number of benzene rings is 1. The van der Waals surface area contributed by atoms with Gasteiger partial charge in [0.15, 0.2) is 0 Å². The van der Waals surface area contributed by atoms with Gasteiger partial charge < -0.3 is 14.1 Å². The van der Waals surface area contributed by atoms with Crippen LogP contribution in [0.5, 0.6) is 0 Å². The Balaban J connectivity index is 1.22. The maximum atomic E-state index is 12.3. The number of sulfonamides is 1. The molecule has 1 aromatic heterocycles. The monoisotopic (exact) mass is 404 g/mol. The van der Waals surface area contributed by atoms with Crippen LogP contribution in [0.4, 0.5) is 0 Å². The van der Waals surface area contributed by atoms with E-state index in [2.05, 4.69) is 4.72 Å². The standard InChI is InChI=1S/C20H24N2O5S/c23-19(13-16-5-4-12-26-16)22-10-8-20(9-11-22)14-17(27-20)15-21-28(24,25)18-6-2-1-3-7-18/h1-7,12,17,21H,8-11,13-15H2. The van der Waals surface area contributed by atoms with Gasteiger partial charge in [-0.25, -0.2) is 13.1 Å². The molecule has 2 aliphatic rings. The van der Waals surface area contributed by atoms with Crippen molar-refractivity contribution in [2.75, 3.05) is 19.6 Å². The second-order valence-corrected chi connectivity index (χ2v) is 9.20. The summed E-state index contributed by atoms with van der Waals surface area (Å²) in [6, 6.07) is 11.9. The topological polar surface area (TPSA) is 88.9 Å². The highest BCUT2D eigenvalue weighted by atomic mass is 32.2. The van der Waals surface area contributed by atoms with Crippen molar-refractivity contribution < 1.29 is 22.4 Å². The zero-order valence-electron chi connectivity index (χ0n) is 15.5. The number of carbonyl (C=O) groups excluding carboxylic acids is 1. The molecule has 2 saturated heterocycles. The fourth-order valence-corrected chi connectivity index (χ4v) is 5.01. The third-order valence-corrected chi connectivity index (χ3v) is 6.94. The largest absolute Gasteiger partial charge is 0.469 e. The van der Waals surface area contributed by atoms with Gasteiger partial charge in [0.05, 0.1) is 29.3 Å². The number of hydrogen-bond donors (Lipinski definition) is 1. The van der Waals surface area contributed by atoms with Crippen LogP contribution < -0.4 is 4.72 Å². The zero-order valence-corrected chi connectivity index (χ0v) is 16.4. The van der Waals surface area contributed by atoms with E-state index in [4.69, 9.17) is 9.15 Å². The molecule has 0 saturated carbocycles. The number of nitrogens with zero attached hydrogens (tertiary/aromatic N) is 1. The lowest BCUT2D eigenvalue weighted by atomic mass is 9.80. The Morgan fingerprint density at radius 1 is 1.14 bits per heavy atom. The first-order valence-corrected chi connectivity index (χ1v) is 11.0. The summed E-state index contributed by atoms with van der Waals surface area (Å²) in [6.45, 7) is 1.57. The summed E-state index contributed by atoms with van der Waals surface area (Å²) in [4.78, 5) is 14.4. The lowest BCUT2D eigenvalue weighted by Crippen LogP contribution is -2.59. The van der Waals surface area contributed by atoms with Crippen molar-refractivity contribution in [3.8, 4) is 0 Å². The van der Waals surface area contributed by atoms with E-state index in [0.717, 1.165) is 19.3 Å². The Kier molecular flexibility index (Phi) is 5.27. The first-order valence-electron chi connectivity index (χ1n) is 9.49. The fourth-order valence-electron chi connectivity index (χ4n) is 3.92. The molecule has 7 nitrogen and oxygen atoms in total. The minimum Gasteiger partial charge on any atom is -0.469 e. The number of amides is 1. The normalized spacial score (nSPS) is 21.4. The van der Waals surface area contributed by atoms with Crippen molar-refractivity contribution in [1.29, 1.82) is 0 Å². The summed E-state index contributed by atoms with van der Waals surface area (Å²) < 4.78 is 38.5. The minimum atomic E-state index is -3.51. The number of hydrogen-bond acceptors (Lipinski definition) is 5. The van der Waals surface area contributed by atoms with Crippen LogP contribution in [0.1, 0.15) is 25.0 Å². The number of rotatable bonds is 6. The Labute approximate surface area is 164 Å². The first kappa shape index (κ1) is 19.2. The van der Waals surface area contributed by atoms with Crippen molar-refractivity contribution in [1.82, 2.24) is 9.62 Å². The highest BCUT2D eigenvalue weighted by Gasteiger charge is 2.47. The maximum absolute atomic E-state index is 12.3. The molecule has 2 aliphatic heterocycles. The molecule has 1 atom stereocenters. The fraction of sp³-hybridized carbons (Fsp3) is 0.450. The average molecular weight is 404 g/mol. The molecule has 8 heteroatoms. The van der Waals surface area contributed by atoms with E-state index >= 15 is 0 Å². The molecule has 2 aromatic rings. The number of likely N-dealkylation sites (tertiary alicyclic amines) is 1. The van der Waals surface area contributed by atoms with Crippen molar-refractivity contribution in [3.05, 3.63) is 54.5 Å². The maximum Gasteiger partial charge on any atom is 0.240 e. The predicted molar refractivity (Wildman–Crippen MR) is 102 cm³/mol. The number of ether oxygens (including phenoxy) is 1. The Bertz CT molecular complexity index is 895. The molecule has 0 aliphatic carbocycles. The van der Waals surface area contributed by atoms with Crippen LogP contribution in [0, 0.1) is 0 Å². The molecule has 1 unspecified atom stereocenters. The van der Waals surface area contributed by atoms with Gasteiger partial charge in [0.25, 0.3) is 0 Å². The van der Waals surface area contributed by atoms with Crippen molar-refractivity contribution in [3.63, 3.8) is 0 Å². The molecule has 4 rings (SSSR count). The Morgan fingerprint density at radius 2 is 1.86 bits per heavy atom. The molecular weight excluding hydrogens is 380 g/mol. The summed E-state index contributed by atoms with van der Waals surface area (Å²) in [6.07, 6.45) is 4.10. The van der Waals surface area contributed by atoms with Crippen LogP contribution in [-0.2, 0) is 26.0 Å². The van der Waals surface area contributed by atoms with Gasteiger partial charge in [0.2, 0.25) is 15.9 Å². The molecule has 0 radical (unpaired) electrons. The molecule has 0 bridgehead atoms. The number of piperidine rings is 1. The van der Waals surface area contributed by atoms with Gasteiger partial charge in [0, 0.05) is 26.1 Å². The first-order chi connectivity index (χ1) is 13.5. The second kappa shape index (κ2) is 7.69. The molecule has 1 spiro atoms. The lowest BCUT2D eigenvalue weighted by Gasteiger charge is -2.52. The van der Waals surface area contributed by atoms with Gasteiger partial charge in [-0.3, -0.25) is 4.79 Å². The van der Waals surface area contributed by atoms with E-state index in [1.54, 1.807) is 48.7 Å². The van der Waals surface area contributed by atoms with Gasteiger partial charge in [-0.1, -0.05) is 18.2 Å². The van der Waals surface area contributed by atoms with Crippen LogP contribution >= 0.6 is 0 Å². The summed E-state index contributed by atoms with van der Waals surface area (Å²) in [5, 5.41) is 0. The lowest BCUT2D eigenvalue weighted by molar-refractivity contribution is -0.221. The van der Waals surface area contributed by atoms with Crippen LogP contribution in [0.15, 0.2) is 58.0 Å². The van der Waals surface area contributed by atoms with Gasteiger partial charge in [-0.2, -0.15) is 0 Å². The van der Waals surface area contributed by atoms with E-state index < -0.39 is 10.0 Å². The van der Waals surface area contributed by atoms with Crippen LogP contribution in [0.25, 0.3) is 0 Å². The zero-order chi connectivity index (χ0) is 19.6.